The van der Waals surface area contributed by atoms with Crippen molar-refractivity contribution in [3.8, 4) is 0 Å². The fourth-order valence-electron chi connectivity index (χ4n) is 2.12. The molecule has 5 heteroatoms. The van der Waals surface area contributed by atoms with Gasteiger partial charge in [0.15, 0.2) is 0 Å². The van der Waals surface area contributed by atoms with Crippen molar-refractivity contribution in [2.45, 2.75) is 0 Å². The Kier molecular flexibility index (Phi) is 2.64. The molecule has 0 aliphatic carbocycles. The van der Waals surface area contributed by atoms with Gasteiger partial charge in [-0.15, -0.1) is 0 Å². The van der Waals surface area contributed by atoms with Crippen LogP contribution in [0.1, 0.15) is 20.7 Å². The largest absolute Gasteiger partial charge is 0.397 e. The summed E-state index contributed by atoms with van der Waals surface area (Å²) in [5.41, 5.74) is 7.45. The number of anilines is 2. The van der Waals surface area contributed by atoms with Crippen molar-refractivity contribution in [2.75, 3.05) is 10.6 Å². The first-order valence-corrected chi connectivity index (χ1v) is 6.42. The van der Waals surface area contributed by atoms with E-state index in [0.717, 1.165) is 9.37 Å². The zero-order valence-corrected chi connectivity index (χ0v) is 11.3. The maximum Gasteiger partial charge on any atom is 0.266 e. The van der Waals surface area contributed by atoms with Gasteiger partial charge in [0.05, 0.1) is 22.5 Å². The number of nitrogen functional groups attached to an aromatic ring is 1. The normalized spacial score (nSPS) is 13.8. The van der Waals surface area contributed by atoms with Crippen LogP contribution < -0.4 is 10.6 Å². The lowest BCUT2D eigenvalue weighted by Gasteiger charge is -2.15. The average molecular weight is 317 g/mol. The van der Waals surface area contributed by atoms with Crippen LogP contribution in [0.15, 0.2) is 46.9 Å². The third-order valence-corrected chi connectivity index (χ3v) is 3.52. The number of carbonyl (C=O) groups excluding carboxylic acids is 2. The molecule has 1 heterocycles. The summed E-state index contributed by atoms with van der Waals surface area (Å²) in [5, 5.41) is 0. The molecule has 19 heavy (non-hydrogen) atoms. The molecule has 0 bridgehead atoms. The minimum Gasteiger partial charge on any atom is -0.397 e. The van der Waals surface area contributed by atoms with Crippen LogP contribution in [0.25, 0.3) is 0 Å². The third-order valence-electron chi connectivity index (χ3n) is 3.03. The van der Waals surface area contributed by atoms with Gasteiger partial charge in [-0.3, -0.25) is 9.59 Å². The van der Waals surface area contributed by atoms with Gasteiger partial charge in [-0.2, -0.15) is 0 Å². The molecule has 94 valence electrons. The lowest BCUT2D eigenvalue weighted by molar-refractivity contribution is 0.0926. The zero-order valence-electron chi connectivity index (χ0n) is 9.76. The quantitative estimate of drug-likeness (QED) is 0.650. The fourth-order valence-corrected chi connectivity index (χ4v) is 2.48. The second-order valence-corrected chi connectivity index (χ2v) is 5.11. The van der Waals surface area contributed by atoms with Gasteiger partial charge in [0.1, 0.15) is 0 Å². The number of rotatable bonds is 1. The van der Waals surface area contributed by atoms with Gasteiger partial charge in [-0.1, -0.05) is 28.1 Å². The number of imide groups is 1. The lowest BCUT2D eigenvalue weighted by Crippen LogP contribution is -2.30. The predicted molar refractivity (Wildman–Crippen MR) is 76.1 cm³/mol. The van der Waals surface area contributed by atoms with Crippen LogP contribution in [-0.4, -0.2) is 11.8 Å². The van der Waals surface area contributed by atoms with E-state index in [1.54, 1.807) is 42.5 Å². The van der Waals surface area contributed by atoms with Crippen molar-refractivity contribution in [2.24, 2.45) is 0 Å². The first kappa shape index (κ1) is 11.9. The molecule has 0 unspecified atom stereocenters. The van der Waals surface area contributed by atoms with Gasteiger partial charge >= 0.3 is 0 Å². The van der Waals surface area contributed by atoms with E-state index in [-0.39, 0.29) is 11.8 Å². The van der Waals surface area contributed by atoms with Gasteiger partial charge in [0.25, 0.3) is 11.8 Å². The summed E-state index contributed by atoms with van der Waals surface area (Å²) in [6, 6.07) is 11.8. The smallest absolute Gasteiger partial charge is 0.266 e. The Morgan fingerprint density at radius 3 is 2.37 bits per heavy atom. The molecule has 2 N–H and O–H groups in total. The maximum atomic E-state index is 12.3. The fraction of sp³-hybridized carbons (Fsp3) is 0. The van der Waals surface area contributed by atoms with Crippen molar-refractivity contribution in [3.05, 3.63) is 58.1 Å². The summed E-state index contributed by atoms with van der Waals surface area (Å²) in [5.74, 6) is -0.690. The molecule has 0 spiro atoms. The van der Waals surface area contributed by atoms with E-state index < -0.39 is 0 Å². The topological polar surface area (TPSA) is 63.4 Å². The summed E-state index contributed by atoms with van der Waals surface area (Å²) in [6.07, 6.45) is 0. The standard InChI is InChI=1S/C14H9BrN2O2/c15-8-5-6-9-10(7-8)14(19)17(13(9)18)12-4-2-1-3-11(12)16/h1-7H,16H2. The molecule has 3 rings (SSSR count). The van der Waals surface area contributed by atoms with E-state index in [1.165, 1.54) is 0 Å². The van der Waals surface area contributed by atoms with Crippen molar-refractivity contribution in [1.82, 2.24) is 0 Å². The van der Waals surface area contributed by atoms with E-state index in [4.69, 9.17) is 5.73 Å². The number of hydrogen-bond acceptors (Lipinski definition) is 3. The predicted octanol–water partition coefficient (Wildman–Crippen LogP) is 2.83. The van der Waals surface area contributed by atoms with Crippen LogP contribution in [0.5, 0.6) is 0 Å². The Labute approximate surface area is 118 Å². The number of fused-ring (bicyclic) bond motifs is 1. The van der Waals surface area contributed by atoms with Gasteiger partial charge in [-0.25, -0.2) is 4.90 Å². The number of nitrogens with zero attached hydrogens (tertiary/aromatic N) is 1. The molecule has 1 aliphatic rings. The highest BCUT2D eigenvalue weighted by molar-refractivity contribution is 9.10. The SMILES string of the molecule is Nc1ccccc1N1C(=O)c2ccc(Br)cc2C1=O. The molecule has 0 saturated heterocycles. The van der Waals surface area contributed by atoms with E-state index >= 15 is 0 Å². The minimum atomic E-state index is -0.348. The minimum absolute atomic E-state index is 0.342. The summed E-state index contributed by atoms with van der Waals surface area (Å²) >= 11 is 3.30. The van der Waals surface area contributed by atoms with Gasteiger partial charge in [0, 0.05) is 4.47 Å². The second-order valence-electron chi connectivity index (χ2n) is 4.19. The molecule has 4 nitrogen and oxygen atoms in total. The maximum absolute atomic E-state index is 12.3. The number of para-hydroxylation sites is 2. The molecule has 0 fully saturated rings. The van der Waals surface area contributed by atoms with Crippen molar-refractivity contribution >= 4 is 39.1 Å². The first-order valence-electron chi connectivity index (χ1n) is 5.62. The Hall–Kier alpha value is -2.14. The Morgan fingerprint density at radius 1 is 0.947 bits per heavy atom. The van der Waals surface area contributed by atoms with Crippen LogP contribution in [0.3, 0.4) is 0 Å². The van der Waals surface area contributed by atoms with Crippen LogP contribution in [0.2, 0.25) is 0 Å². The van der Waals surface area contributed by atoms with Crippen LogP contribution in [-0.2, 0) is 0 Å². The summed E-state index contributed by atoms with van der Waals surface area (Å²) in [7, 11) is 0. The molecule has 2 amide bonds. The van der Waals surface area contributed by atoms with Crippen molar-refractivity contribution in [3.63, 3.8) is 0 Å². The molecule has 0 radical (unpaired) electrons. The number of benzene rings is 2. The number of nitrogens with two attached hydrogens (primary N) is 1. The molecular weight excluding hydrogens is 308 g/mol. The van der Waals surface area contributed by atoms with Gasteiger partial charge in [-0.05, 0) is 30.3 Å². The molecule has 2 aromatic carbocycles. The third kappa shape index (κ3) is 1.74. The Balaban J connectivity index is 2.16. The monoisotopic (exact) mass is 316 g/mol. The first-order chi connectivity index (χ1) is 9.09. The van der Waals surface area contributed by atoms with E-state index in [1.807, 2.05) is 0 Å². The van der Waals surface area contributed by atoms with Crippen molar-refractivity contribution < 1.29 is 9.59 Å². The summed E-state index contributed by atoms with van der Waals surface area (Å²) in [6.45, 7) is 0. The molecule has 1 aliphatic heterocycles. The van der Waals surface area contributed by atoms with Crippen LogP contribution >= 0.6 is 15.9 Å². The van der Waals surface area contributed by atoms with Crippen molar-refractivity contribution in [1.29, 1.82) is 0 Å². The highest BCUT2D eigenvalue weighted by Gasteiger charge is 2.37. The Morgan fingerprint density at radius 2 is 1.63 bits per heavy atom. The van der Waals surface area contributed by atoms with Crippen LogP contribution in [0, 0.1) is 0 Å². The van der Waals surface area contributed by atoms with E-state index in [0.29, 0.717) is 22.5 Å². The number of amides is 2. The molecule has 2 aromatic rings. The lowest BCUT2D eigenvalue weighted by atomic mass is 10.1. The number of carbonyl (C=O) groups is 2. The number of halogens is 1. The Bertz CT molecular complexity index is 712. The molecule has 0 saturated carbocycles. The van der Waals surface area contributed by atoms with Crippen LogP contribution in [0.4, 0.5) is 11.4 Å². The highest BCUT2D eigenvalue weighted by Crippen LogP contribution is 2.32. The zero-order chi connectivity index (χ0) is 13.6. The van der Waals surface area contributed by atoms with Gasteiger partial charge in [0.2, 0.25) is 0 Å². The molecular formula is C14H9BrN2O2. The number of hydrogen-bond donors (Lipinski definition) is 1. The van der Waals surface area contributed by atoms with E-state index in [2.05, 4.69) is 15.9 Å². The molecule has 0 aromatic heterocycles. The van der Waals surface area contributed by atoms with E-state index in [9.17, 15) is 9.59 Å². The second kappa shape index (κ2) is 4.20. The average Bonchev–Trinajstić information content (AvgIpc) is 2.63. The highest BCUT2D eigenvalue weighted by atomic mass is 79.9. The summed E-state index contributed by atoms with van der Waals surface area (Å²) in [4.78, 5) is 25.8. The van der Waals surface area contributed by atoms with Gasteiger partial charge < -0.3 is 5.73 Å². The summed E-state index contributed by atoms with van der Waals surface area (Å²) < 4.78 is 0.760. The molecule has 0 atom stereocenters.